The second-order valence-electron chi connectivity index (χ2n) is 9.13. The number of nitrogens with zero attached hydrogens (tertiary/aromatic N) is 1. The molecule has 1 saturated heterocycles. The minimum Gasteiger partial charge on any atom is -0.507 e. The number of Topliss-reactive ketones (excluding diaryl/α,β-unsaturated/α-hetero) is 1. The predicted octanol–water partition coefficient (Wildman–Crippen LogP) is 5.15. The molecule has 0 bridgehead atoms. The van der Waals surface area contributed by atoms with E-state index in [1.165, 1.54) is 4.90 Å². The summed E-state index contributed by atoms with van der Waals surface area (Å²) in [5, 5.41) is 12.5. The number of methoxy groups -OCH3 is 1. The van der Waals surface area contributed by atoms with E-state index in [0.717, 1.165) is 16.5 Å². The summed E-state index contributed by atoms with van der Waals surface area (Å²) in [5.74, 6) is -0.0212. The minimum absolute atomic E-state index is 0.0140. The Morgan fingerprint density at radius 3 is 2.62 bits per heavy atom. The third-order valence-electron chi connectivity index (χ3n) is 6.99. The van der Waals surface area contributed by atoms with Crippen LogP contribution in [0, 0.1) is 13.8 Å². The molecule has 2 N–H and O–H groups in total. The first kappa shape index (κ1) is 22.7. The molecule has 0 saturated carbocycles. The summed E-state index contributed by atoms with van der Waals surface area (Å²) in [4.78, 5) is 31.8. The van der Waals surface area contributed by atoms with Crippen LogP contribution < -0.4 is 19.1 Å². The van der Waals surface area contributed by atoms with E-state index in [1.807, 2.05) is 38.1 Å². The topological polar surface area (TPSA) is 101 Å². The number of aromatic nitrogens is 1. The summed E-state index contributed by atoms with van der Waals surface area (Å²) in [5.41, 5.74) is 3.99. The number of anilines is 1. The highest BCUT2D eigenvalue weighted by Gasteiger charge is 2.48. The van der Waals surface area contributed by atoms with Gasteiger partial charge in [0.05, 0.1) is 18.7 Å². The van der Waals surface area contributed by atoms with E-state index in [0.29, 0.717) is 39.6 Å². The Balaban J connectivity index is 1.60. The van der Waals surface area contributed by atoms with E-state index in [4.69, 9.17) is 14.2 Å². The van der Waals surface area contributed by atoms with E-state index in [1.54, 1.807) is 43.6 Å². The number of para-hydroxylation sites is 1. The van der Waals surface area contributed by atoms with E-state index in [-0.39, 0.29) is 18.1 Å². The maximum Gasteiger partial charge on any atom is 0.300 e. The van der Waals surface area contributed by atoms with E-state index in [9.17, 15) is 14.7 Å². The summed E-state index contributed by atoms with van der Waals surface area (Å²) in [6.07, 6.45) is 1.78. The zero-order valence-electron chi connectivity index (χ0n) is 20.5. The van der Waals surface area contributed by atoms with Crippen LogP contribution in [0.15, 0.2) is 66.4 Å². The largest absolute Gasteiger partial charge is 0.507 e. The lowest BCUT2D eigenvalue weighted by Gasteiger charge is -2.25. The van der Waals surface area contributed by atoms with Crippen molar-refractivity contribution in [3.8, 4) is 17.2 Å². The predicted molar refractivity (Wildman–Crippen MR) is 138 cm³/mol. The fourth-order valence-electron chi connectivity index (χ4n) is 5.16. The lowest BCUT2D eigenvalue weighted by Crippen LogP contribution is -2.29. The van der Waals surface area contributed by atoms with Gasteiger partial charge in [0, 0.05) is 40.0 Å². The fourth-order valence-corrected chi connectivity index (χ4v) is 5.16. The maximum atomic E-state index is 13.6. The Labute approximate surface area is 212 Å². The molecule has 3 aromatic carbocycles. The molecule has 2 aliphatic heterocycles. The summed E-state index contributed by atoms with van der Waals surface area (Å²) < 4.78 is 16.4. The van der Waals surface area contributed by atoms with Crippen LogP contribution in [0.2, 0.25) is 0 Å². The number of H-pyrrole nitrogens is 1. The van der Waals surface area contributed by atoms with Crippen molar-refractivity contribution < 1.29 is 28.9 Å². The molecule has 4 aromatic rings. The van der Waals surface area contributed by atoms with Crippen LogP contribution in [0.25, 0.3) is 16.7 Å². The van der Waals surface area contributed by atoms with Crippen LogP contribution in [-0.2, 0) is 9.59 Å². The van der Waals surface area contributed by atoms with Gasteiger partial charge in [-0.2, -0.15) is 0 Å². The third kappa shape index (κ3) is 3.44. The quantitative estimate of drug-likeness (QED) is 0.230. The van der Waals surface area contributed by atoms with Gasteiger partial charge in [0.15, 0.2) is 11.5 Å². The number of fused-ring (bicyclic) bond motifs is 2. The molecule has 1 aromatic heterocycles. The van der Waals surface area contributed by atoms with Gasteiger partial charge < -0.3 is 24.3 Å². The van der Waals surface area contributed by atoms with E-state index >= 15 is 0 Å². The number of rotatable bonds is 4. The highest BCUT2D eigenvalue weighted by molar-refractivity contribution is 6.52. The van der Waals surface area contributed by atoms with Crippen molar-refractivity contribution in [1.29, 1.82) is 0 Å². The normalized spacial score (nSPS) is 18.1. The molecule has 1 fully saturated rings. The number of benzene rings is 3. The van der Waals surface area contributed by atoms with E-state index in [2.05, 4.69) is 4.98 Å². The van der Waals surface area contributed by atoms with E-state index < -0.39 is 17.7 Å². The zero-order valence-corrected chi connectivity index (χ0v) is 20.5. The minimum atomic E-state index is -0.877. The van der Waals surface area contributed by atoms with Crippen molar-refractivity contribution in [2.45, 2.75) is 19.9 Å². The zero-order chi connectivity index (χ0) is 25.8. The van der Waals surface area contributed by atoms with Crippen molar-refractivity contribution in [2.75, 3.05) is 18.8 Å². The van der Waals surface area contributed by atoms with Crippen molar-refractivity contribution in [3.63, 3.8) is 0 Å². The standard InChI is InChI=1S/C29H24N2O6/c1-15-11-23(35-3)16(2)10-19(15)27(32)25-26(20-13-30-21-7-5-4-6-18(20)21)31(29(34)28(25)33)17-8-9-22-24(12-17)37-14-36-22/h4-13,26,30,32H,14H2,1-3H3/b27-25+. The molecule has 8 heteroatoms. The average Bonchev–Trinajstić information content (AvgIpc) is 3.60. The number of amides is 1. The van der Waals surface area contributed by atoms with Gasteiger partial charge >= 0.3 is 0 Å². The molecule has 0 radical (unpaired) electrons. The molecular formula is C29H24N2O6. The SMILES string of the molecule is COc1cc(C)c(/C(O)=C2\C(=O)C(=O)N(c3ccc4c(c3)OCO4)C2c2c[nH]c3ccccc23)cc1C. The van der Waals surface area contributed by atoms with Crippen LogP contribution >= 0.6 is 0 Å². The monoisotopic (exact) mass is 496 g/mol. The molecule has 1 atom stereocenters. The van der Waals surface area contributed by atoms with Gasteiger partial charge in [0.25, 0.3) is 11.7 Å². The van der Waals surface area contributed by atoms with Crippen molar-refractivity contribution in [3.05, 3.63) is 88.6 Å². The Hall–Kier alpha value is -4.72. The number of aryl methyl sites for hydroxylation is 2. The van der Waals surface area contributed by atoms with Crippen LogP contribution in [0.4, 0.5) is 5.69 Å². The summed E-state index contributed by atoms with van der Waals surface area (Å²) >= 11 is 0. The third-order valence-corrected chi connectivity index (χ3v) is 6.99. The first-order chi connectivity index (χ1) is 17.9. The number of aromatic amines is 1. The summed E-state index contributed by atoms with van der Waals surface area (Å²) in [6.45, 7) is 3.77. The molecule has 0 aliphatic carbocycles. The molecule has 2 aliphatic rings. The number of carbonyl (C=O) groups is 2. The Morgan fingerprint density at radius 1 is 1.03 bits per heavy atom. The average molecular weight is 497 g/mol. The van der Waals surface area contributed by atoms with Gasteiger partial charge in [-0.3, -0.25) is 14.5 Å². The lowest BCUT2D eigenvalue weighted by molar-refractivity contribution is -0.132. The number of nitrogens with one attached hydrogen (secondary N) is 1. The number of aliphatic hydroxyl groups excluding tert-OH is 1. The second kappa shape index (κ2) is 8.44. The van der Waals surface area contributed by atoms with Gasteiger partial charge in [-0.05, 0) is 55.3 Å². The number of hydrogen-bond donors (Lipinski definition) is 2. The Bertz CT molecular complexity index is 1630. The Morgan fingerprint density at radius 2 is 1.81 bits per heavy atom. The van der Waals surface area contributed by atoms with Crippen LogP contribution in [0.1, 0.15) is 28.3 Å². The number of carbonyl (C=O) groups excluding carboxylic acids is 2. The van der Waals surface area contributed by atoms with Gasteiger partial charge in [0.2, 0.25) is 6.79 Å². The number of hydrogen-bond acceptors (Lipinski definition) is 6. The first-order valence-electron chi connectivity index (χ1n) is 11.8. The van der Waals surface area contributed by atoms with Gasteiger partial charge in [0.1, 0.15) is 11.5 Å². The fraction of sp³-hybridized carbons (Fsp3) is 0.172. The highest BCUT2D eigenvalue weighted by Crippen LogP contribution is 2.46. The molecule has 8 nitrogen and oxygen atoms in total. The Kier molecular flexibility index (Phi) is 5.19. The molecule has 186 valence electrons. The van der Waals surface area contributed by atoms with Gasteiger partial charge in [-0.1, -0.05) is 18.2 Å². The molecule has 37 heavy (non-hydrogen) atoms. The molecule has 6 rings (SSSR count). The van der Waals surface area contributed by atoms with Crippen LogP contribution in [0.5, 0.6) is 17.2 Å². The van der Waals surface area contributed by atoms with Gasteiger partial charge in [-0.25, -0.2) is 0 Å². The summed E-state index contributed by atoms with van der Waals surface area (Å²) in [6, 6.07) is 15.4. The molecule has 3 heterocycles. The molecular weight excluding hydrogens is 472 g/mol. The molecule has 1 amide bonds. The van der Waals surface area contributed by atoms with Crippen LogP contribution in [0.3, 0.4) is 0 Å². The maximum absolute atomic E-state index is 13.6. The first-order valence-corrected chi connectivity index (χ1v) is 11.8. The highest BCUT2D eigenvalue weighted by atomic mass is 16.7. The number of aliphatic hydroxyl groups is 1. The van der Waals surface area contributed by atoms with Crippen molar-refractivity contribution in [1.82, 2.24) is 4.98 Å². The smallest absolute Gasteiger partial charge is 0.300 e. The summed E-state index contributed by atoms with van der Waals surface area (Å²) in [7, 11) is 1.58. The van der Waals surface area contributed by atoms with Crippen LogP contribution in [-0.4, -0.2) is 35.7 Å². The van der Waals surface area contributed by atoms with Gasteiger partial charge in [-0.15, -0.1) is 0 Å². The van der Waals surface area contributed by atoms with Crippen molar-refractivity contribution >= 4 is 34.0 Å². The molecule has 1 unspecified atom stereocenters. The van der Waals surface area contributed by atoms with Crippen molar-refractivity contribution in [2.24, 2.45) is 0 Å². The molecule has 0 spiro atoms. The second-order valence-corrected chi connectivity index (χ2v) is 9.13. The number of ether oxygens (including phenoxy) is 3. The lowest BCUT2D eigenvalue weighted by atomic mass is 9.92. The number of ketones is 1.